The van der Waals surface area contributed by atoms with Crippen molar-refractivity contribution < 1.29 is 9.59 Å². The minimum atomic E-state index is -0.379. The number of Topliss-reactive ketones (excluding diaryl/α,β-unsaturated/α-hetero) is 2. The van der Waals surface area contributed by atoms with Crippen LogP contribution < -0.4 is 0 Å². The van der Waals surface area contributed by atoms with Crippen LogP contribution in [0.4, 0.5) is 0 Å². The lowest BCUT2D eigenvalue weighted by atomic mass is 10.0. The maximum Gasteiger partial charge on any atom is 0.228 e. The monoisotopic (exact) mass is 190 g/mol. The van der Waals surface area contributed by atoms with Crippen LogP contribution in [-0.4, -0.2) is 11.6 Å². The summed E-state index contributed by atoms with van der Waals surface area (Å²) in [5, 5.41) is 0. The second-order valence-corrected chi connectivity index (χ2v) is 3.16. The van der Waals surface area contributed by atoms with Gasteiger partial charge in [-0.1, -0.05) is 38.1 Å². The van der Waals surface area contributed by atoms with Crippen LogP contribution in [0.2, 0.25) is 0 Å². The van der Waals surface area contributed by atoms with E-state index in [0.717, 1.165) is 6.42 Å². The number of hydrogen-bond acceptors (Lipinski definition) is 2. The Bertz CT molecular complexity index is 336. The van der Waals surface area contributed by atoms with Gasteiger partial charge < -0.3 is 0 Å². The molecule has 2 nitrogen and oxygen atoms in total. The van der Waals surface area contributed by atoms with E-state index in [1.54, 1.807) is 19.1 Å². The van der Waals surface area contributed by atoms with Gasteiger partial charge in [0, 0.05) is 12.0 Å². The summed E-state index contributed by atoms with van der Waals surface area (Å²) in [5.41, 5.74) is 1.67. The first kappa shape index (κ1) is 10.6. The second-order valence-electron chi connectivity index (χ2n) is 3.16. The van der Waals surface area contributed by atoms with Crippen molar-refractivity contribution in [3.63, 3.8) is 0 Å². The largest absolute Gasteiger partial charge is 0.290 e. The summed E-state index contributed by atoms with van der Waals surface area (Å²) in [7, 11) is 0. The van der Waals surface area contributed by atoms with Gasteiger partial charge in [-0.3, -0.25) is 9.59 Å². The van der Waals surface area contributed by atoms with Crippen LogP contribution in [0.15, 0.2) is 24.3 Å². The Morgan fingerprint density at radius 3 is 2.07 bits per heavy atom. The molecule has 1 rings (SSSR count). The van der Waals surface area contributed by atoms with Gasteiger partial charge in [0.2, 0.25) is 11.6 Å². The molecular weight excluding hydrogens is 176 g/mol. The summed E-state index contributed by atoms with van der Waals surface area (Å²) in [6, 6.07) is 7.20. The summed E-state index contributed by atoms with van der Waals surface area (Å²) in [6.45, 7) is 3.74. The van der Waals surface area contributed by atoms with Crippen LogP contribution in [-0.2, 0) is 11.2 Å². The average Bonchev–Trinajstić information content (AvgIpc) is 2.27. The predicted molar refractivity (Wildman–Crippen MR) is 55.4 cm³/mol. The van der Waals surface area contributed by atoms with Crippen LogP contribution in [0, 0.1) is 0 Å². The van der Waals surface area contributed by atoms with Crippen LogP contribution in [0.25, 0.3) is 0 Å². The number of hydrogen-bond donors (Lipinski definition) is 0. The minimum absolute atomic E-state index is 0.272. The van der Waals surface area contributed by atoms with Crippen LogP contribution in [0.3, 0.4) is 0 Å². The van der Waals surface area contributed by atoms with Crippen LogP contribution in [0.1, 0.15) is 36.2 Å². The Morgan fingerprint density at radius 2 is 1.64 bits per heavy atom. The van der Waals surface area contributed by atoms with E-state index < -0.39 is 0 Å². The number of benzene rings is 1. The van der Waals surface area contributed by atoms with Gasteiger partial charge in [-0.2, -0.15) is 0 Å². The summed E-state index contributed by atoms with van der Waals surface area (Å²) in [5.74, 6) is -0.704. The summed E-state index contributed by atoms with van der Waals surface area (Å²) < 4.78 is 0. The molecule has 0 aliphatic rings. The van der Waals surface area contributed by atoms with Gasteiger partial charge in [-0.15, -0.1) is 0 Å². The molecule has 0 fully saturated rings. The maximum atomic E-state index is 11.4. The Balaban J connectivity index is 2.87. The third-order valence-electron chi connectivity index (χ3n) is 2.20. The molecule has 0 heterocycles. The number of carbonyl (C=O) groups excluding carboxylic acids is 2. The fourth-order valence-electron chi connectivity index (χ4n) is 1.21. The van der Waals surface area contributed by atoms with Crippen molar-refractivity contribution in [2.24, 2.45) is 0 Å². The lowest BCUT2D eigenvalue weighted by Crippen LogP contribution is -2.12. The SMILES string of the molecule is CCC(=O)C(=O)c1ccc(CC)cc1. The molecule has 0 radical (unpaired) electrons. The third kappa shape index (κ3) is 2.28. The van der Waals surface area contributed by atoms with E-state index in [2.05, 4.69) is 0 Å². The molecule has 1 aromatic rings. The number of ketones is 2. The number of aryl methyl sites for hydroxylation is 1. The molecule has 0 atom stereocenters. The molecule has 14 heavy (non-hydrogen) atoms. The van der Waals surface area contributed by atoms with E-state index in [-0.39, 0.29) is 18.0 Å². The first-order valence-corrected chi connectivity index (χ1v) is 4.85. The highest BCUT2D eigenvalue weighted by atomic mass is 16.2. The van der Waals surface area contributed by atoms with Crippen molar-refractivity contribution in [3.8, 4) is 0 Å². The van der Waals surface area contributed by atoms with Gasteiger partial charge in [0.05, 0.1) is 0 Å². The van der Waals surface area contributed by atoms with Crippen molar-refractivity contribution in [3.05, 3.63) is 35.4 Å². The van der Waals surface area contributed by atoms with E-state index in [0.29, 0.717) is 5.56 Å². The average molecular weight is 190 g/mol. The van der Waals surface area contributed by atoms with Crippen molar-refractivity contribution in [1.29, 1.82) is 0 Å². The second kappa shape index (κ2) is 4.70. The third-order valence-corrected chi connectivity index (χ3v) is 2.20. The van der Waals surface area contributed by atoms with Crippen molar-refractivity contribution >= 4 is 11.6 Å². The van der Waals surface area contributed by atoms with Gasteiger partial charge in [-0.05, 0) is 12.0 Å². The zero-order valence-electron chi connectivity index (χ0n) is 8.54. The number of rotatable bonds is 4. The van der Waals surface area contributed by atoms with Crippen molar-refractivity contribution in [1.82, 2.24) is 0 Å². The molecule has 0 aliphatic heterocycles. The molecule has 0 aliphatic carbocycles. The highest BCUT2D eigenvalue weighted by Gasteiger charge is 2.12. The van der Waals surface area contributed by atoms with Crippen molar-refractivity contribution in [2.45, 2.75) is 26.7 Å². The van der Waals surface area contributed by atoms with Crippen molar-refractivity contribution in [2.75, 3.05) is 0 Å². The first-order chi connectivity index (χ1) is 6.69. The van der Waals surface area contributed by atoms with E-state index >= 15 is 0 Å². The molecule has 2 heteroatoms. The molecule has 74 valence electrons. The summed E-state index contributed by atoms with van der Waals surface area (Å²) >= 11 is 0. The van der Waals surface area contributed by atoms with E-state index in [4.69, 9.17) is 0 Å². The first-order valence-electron chi connectivity index (χ1n) is 4.85. The molecule has 0 aromatic heterocycles. The zero-order chi connectivity index (χ0) is 10.6. The standard InChI is InChI=1S/C12H14O2/c1-3-9-5-7-10(8-6-9)12(14)11(13)4-2/h5-8H,3-4H2,1-2H3. The lowest BCUT2D eigenvalue weighted by molar-refractivity contribution is -0.114. The van der Waals surface area contributed by atoms with Gasteiger partial charge in [0.15, 0.2) is 0 Å². The predicted octanol–water partition coefficient (Wildman–Crippen LogP) is 2.41. The van der Waals surface area contributed by atoms with E-state index in [1.807, 2.05) is 19.1 Å². The topological polar surface area (TPSA) is 34.1 Å². The fraction of sp³-hybridized carbons (Fsp3) is 0.333. The van der Waals surface area contributed by atoms with E-state index in [9.17, 15) is 9.59 Å². The molecule has 0 saturated heterocycles. The van der Waals surface area contributed by atoms with Gasteiger partial charge >= 0.3 is 0 Å². The van der Waals surface area contributed by atoms with Crippen LogP contribution >= 0.6 is 0 Å². The highest BCUT2D eigenvalue weighted by molar-refractivity contribution is 6.43. The Morgan fingerprint density at radius 1 is 1.07 bits per heavy atom. The zero-order valence-corrected chi connectivity index (χ0v) is 8.54. The molecular formula is C12H14O2. The fourth-order valence-corrected chi connectivity index (χ4v) is 1.21. The smallest absolute Gasteiger partial charge is 0.228 e. The minimum Gasteiger partial charge on any atom is -0.290 e. The number of carbonyl (C=O) groups is 2. The molecule has 0 unspecified atom stereocenters. The molecule has 0 spiro atoms. The highest BCUT2D eigenvalue weighted by Crippen LogP contribution is 2.06. The van der Waals surface area contributed by atoms with Gasteiger partial charge in [-0.25, -0.2) is 0 Å². The molecule has 0 amide bonds. The van der Waals surface area contributed by atoms with Crippen LogP contribution in [0.5, 0.6) is 0 Å². The normalized spacial score (nSPS) is 9.86. The lowest BCUT2D eigenvalue weighted by Gasteiger charge is -1.99. The summed E-state index contributed by atoms with van der Waals surface area (Å²) in [6.07, 6.45) is 1.21. The quantitative estimate of drug-likeness (QED) is 0.539. The summed E-state index contributed by atoms with van der Waals surface area (Å²) in [4.78, 5) is 22.5. The molecule has 0 N–H and O–H groups in total. The Labute approximate surface area is 83.9 Å². The molecule has 0 saturated carbocycles. The van der Waals surface area contributed by atoms with E-state index in [1.165, 1.54) is 5.56 Å². The maximum absolute atomic E-state index is 11.4. The molecule has 0 bridgehead atoms. The van der Waals surface area contributed by atoms with Gasteiger partial charge in [0.1, 0.15) is 0 Å². The Kier molecular flexibility index (Phi) is 3.57. The van der Waals surface area contributed by atoms with Gasteiger partial charge in [0.25, 0.3) is 0 Å². The Hall–Kier alpha value is -1.44. The molecule has 1 aromatic carbocycles.